The van der Waals surface area contributed by atoms with E-state index in [0.29, 0.717) is 28.5 Å². The highest BCUT2D eigenvalue weighted by Crippen LogP contribution is 2.33. The Balaban J connectivity index is 2.46. The van der Waals surface area contributed by atoms with Gasteiger partial charge in [-0.3, -0.25) is 4.31 Å². The molecule has 2 rings (SSSR count). The number of anilines is 1. The second-order valence-electron chi connectivity index (χ2n) is 5.14. The number of sulfonamides is 1. The molecule has 0 aliphatic rings. The van der Waals surface area contributed by atoms with Crippen molar-refractivity contribution in [1.82, 2.24) is 0 Å². The van der Waals surface area contributed by atoms with E-state index in [1.54, 1.807) is 50.4 Å². The summed E-state index contributed by atoms with van der Waals surface area (Å²) in [5, 5.41) is 0. The van der Waals surface area contributed by atoms with Gasteiger partial charge in [0.1, 0.15) is 5.75 Å². The molecule has 0 saturated heterocycles. The van der Waals surface area contributed by atoms with Crippen LogP contribution in [0.2, 0.25) is 0 Å². The van der Waals surface area contributed by atoms with Crippen LogP contribution in [0.25, 0.3) is 0 Å². The van der Waals surface area contributed by atoms with Gasteiger partial charge in [0, 0.05) is 13.1 Å². The Hall–Kier alpha value is -2.41. The van der Waals surface area contributed by atoms with Gasteiger partial charge in [-0.1, -0.05) is 0 Å². The average molecular weight is 351 g/mol. The molecular weight excluding hydrogens is 330 g/mol. The van der Waals surface area contributed by atoms with Crippen LogP contribution in [0, 0.1) is 6.92 Å². The van der Waals surface area contributed by atoms with Crippen LogP contribution >= 0.6 is 0 Å². The van der Waals surface area contributed by atoms with Gasteiger partial charge in [0.15, 0.2) is 11.5 Å². The summed E-state index contributed by atoms with van der Waals surface area (Å²) in [6.07, 6.45) is 0. The third-order valence-electron chi connectivity index (χ3n) is 3.75. The molecule has 0 unspecified atom stereocenters. The van der Waals surface area contributed by atoms with E-state index in [-0.39, 0.29) is 4.90 Å². The van der Waals surface area contributed by atoms with Crippen LogP contribution in [-0.2, 0) is 10.0 Å². The van der Waals surface area contributed by atoms with Crippen LogP contribution < -0.4 is 18.5 Å². The Kier molecular flexibility index (Phi) is 5.23. The van der Waals surface area contributed by atoms with Crippen molar-refractivity contribution in [1.29, 1.82) is 0 Å². The van der Waals surface area contributed by atoms with Crippen molar-refractivity contribution in [3.8, 4) is 17.2 Å². The van der Waals surface area contributed by atoms with E-state index < -0.39 is 10.0 Å². The van der Waals surface area contributed by atoms with Crippen molar-refractivity contribution in [2.45, 2.75) is 11.8 Å². The smallest absolute Gasteiger partial charge is 0.264 e. The fourth-order valence-electron chi connectivity index (χ4n) is 2.35. The van der Waals surface area contributed by atoms with Crippen molar-refractivity contribution >= 4 is 15.7 Å². The summed E-state index contributed by atoms with van der Waals surface area (Å²) in [6.45, 7) is 1.73. The lowest BCUT2D eigenvalue weighted by atomic mass is 10.2. The van der Waals surface area contributed by atoms with Gasteiger partial charge >= 0.3 is 0 Å². The lowest BCUT2D eigenvalue weighted by Gasteiger charge is -2.22. The number of ether oxygens (including phenoxy) is 3. The molecule has 0 saturated carbocycles. The maximum atomic E-state index is 12.9. The molecule has 7 heteroatoms. The zero-order chi connectivity index (χ0) is 17.9. The molecule has 2 aromatic carbocycles. The number of hydrogen-bond acceptors (Lipinski definition) is 5. The SMILES string of the molecule is COc1ccc(S(=O)(=O)N(C)c2ccc(OC)c(OC)c2)c(C)c1. The van der Waals surface area contributed by atoms with Crippen LogP contribution in [-0.4, -0.2) is 36.8 Å². The molecule has 6 nitrogen and oxygen atoms in total. The summed E-state index contributed by atoms with van der Waals surface area (Å²) in [4.78, 5) is 0.223. The topological polar surface area (TPSA) is 65.1 Å². The van der Waals surface area contributed by atoms with Gasteiger partial charge in [-0.15, -0.1) is 0 Å². The molecule has 0 N–H and O–H groups in total. The van der Waals surface area contributed by atoms with Crippen molar-refractivity contribution in [2.75, 3.05) is 32.7 Å². The van der Waals surface area contributed by atoms with E-state index in [2.05, 4.69) is 0 Å². The van der Waals surface area contributed by atoms with Gasteiger partial charge in [0.05, 0.1) is 31.9 Å². The normalized spacial score (nSPS) is 11.0. The highest BCUT2D eigenvalue weighted by atomic mass is 32.2. The highest BCUT2D eigenvalue weighted by molar-refractivity contribution is 7.92. The van der Waals surface area contributed by atoms with Gasteiger partial charge < -0.3 is 14.2 Å². The molecule has 24 heavy (non-hydrogen) atoms. The minimum atomic E-state index is -3.71. The maximum Gasteiger partial charge on any atom is 0.264 e. The maximum absolute atomic E-state index is 12.9. The summed E-state index contributed by atoms with van der Waals surface area (Å²) in [5.41, 5.74) is 1.09. The predicted molar refractivity (Wildman–Crippen MR) is 92.9 cm³/mol. The fourth-order valence-corrected chi connectivity index (χ4v) is 3.74. The molecule has 0 bridgehead atoms. The van der Waals surface area contributed by atoms with E-state index in [0.717, 1.165) is 0 Å². The first-order chi connectivity index (χ1) is 11.3. The summed E-state index contributed by atoms with van der Waals surface area (Å²) >= 11 is 0. The summed E-state index contributed by atoms with van der Waals surface area (Å²) in [7, 11) is 2.36. The van der Waals surface area contributed by atoms with Crippen LogP contribution in [0.1, 0.15) is 5.56 Å². The van der Waals surface area contributed by atoms with Gasteiger partial charge in [-0.05, 0) is 42.8 Å². The minimum absolute atomic E-state index is 0.223. The molecule has 0 spiro atoms. The molecule has 2 aromatic rings. The molecule has 0 heterocycles. The monoisotopic (exact) mass is 351 g/mol. The third-order valence-corrected chi connectivity index (χ3v) is 5.70. The second kappa shape index (κ2) is 7.00. The lowest BCUT2D eigenvalue weighted by Crippen LogP contribution is -2.27. The predicted octanol–water partition coefficient (Wildman–Crippen LogP) is 2.85. The quantitative estimate of drug-likeness (QED) is 0.801. The Morgan fingerprint density at radius 1 is 0.875 bits per heavy atom. The van der Waals surface area contributed by atoms with E-state index in [1.165, 1.54) is 25.6 Å². The zero-order valence-electron chi connectivity index (χ0n) is 14.4. The summed E-state index contributed by atoms with van der Waals surface area (Å²) in [6, 6.07) is 9.81. The van der Waals surface area contributed by atoms with Crippen LogP contribution in [0.5, 0.6) is 17.2 Å². The summed E-state index contributed by atoms with van der Waals surface area (Å²) < 4.78 is 42.6. The van der Waals surface area contributed by atoms with Gasteiger partial charge in [-0.25, -0.2) is 8.42 Å². The van der Waals surface area contributed by atoms with Gasteiger partial charge in [0.25, 0.3) is 10.0 Å². The fraction of sp³-hybridized carbons (Fsp3) is 0.294. The molecule has 130 valence electrons. The first kappa shape index (κ1) is 17.9. The van der Waals surface area contributed by atoms with Crippen LogP contribution in [0.4, 0.5) is 5.69 Å². The Morgan fingerprint density at radius 3 is 2.08 bits per heavy atom. The number of aryl methyl sites for hydroxylation is 1. The Morgan fingerprint density at radius 2 is 1.54 bits per heavy atom. The van der Waals surface area contributed by atoms with Gasteiger partial charge in [0.2, 0.25) is 0 Å². The first-order valence-corrected chi connectivity index (χ1v) is 8.64. The molecule has 0 aliphatic heterocycles. The number of benzene rings is 2. The van der Waals surface area contributed by atoms with Crippen molar-refractivity contribution < 1.29 is 22.6 Å². The zero-order valence-corrected chi connectivity index (χ0v) is 15.2. The lowest BCUT2D eigenvalue weighted by molar-refractivity contribution is 0.355. The van der Waals surface area contributed by atoms with Crippen LogP contribution in [0.15, 0.2) is 41.3 Å². The third kappa shape index (κ3) is 3.26. The van der Waals surface area contributed by atoms with E-state index >= 15 is 0 Å². The number of methoxy groups -OCH3 is 3. The van der Waals surface area contributed by atoms with Crippen LogP contribution in [0.3, 0.4) is 0 Å². The van der Waals surface area contributed by atoms with E-state index in [1.807, 2.05) is 0 Å². The van der Waals surface area contributed by atoms with E-state index in [9.17, 15) is 8.42 Å². The molecule has 0 atom stereocenters. The van der Waals surface area contributed by atoms with E-state index in [4.69, 9.17) is 14.2 Å². The molecule has 0 amide bonds. The first-order valence-electron chi connectivity index (χ1n) is 7.20. The molecular formula is C17H21NO5S. The van der Waals surface area contributed by atoms with Crippen molar-refractivity contribution in [3.05, 3.63) is 42.0 Å². The average Bonchev–Trinajstić information content (AvgIpc) is 2.59. The molecule has 0 fully saturated rings. The second-order valence-corrected chi connectivity index (χ2v) is 7.08. The number of rotatable bonds is 6. The van der Waals surface area contributed by atoms with Crippen molar-refractivity contribution in [3.63, 3.8) is 0 Å². The minimum Gasteiger partial charge on any atom is -0.497 e. The standard InChI is InChI=1S/C17H21NO5S/c1-12-10-14(21-3)7-9-17(12)24(19,20)18(2)13-6-8-15(22-4)16(11-13)23-5/h6-11H,1-5H3. The Labute approximate surface area is 142 Å². The Bertz CT molecular complexity index is 833. The van der Waals surface area contributed by atoms with Crippen molar-refractivity contribution in [2.24, 2.45) is 0 Å². The molecule has 0 radical (unpaired) electrons. The van der Waals surface area contributed by atoms with Gasteiger partial charge in [-0.2, -0.15) is 0 Å². The molecule has 0 aromatic heterocycles. The summed E-state index contributed by atoms with van der Waals surface area (Å²) in [5.74, 6) is 1.61. The number of hydrogen-bond donors (Lipinski definition) is 0. The molecule has 0 aliphatic carbocycles. The highest BCUT2D eigenvalue weighted by Gasteiger charge is 2.24. The number of nitrogens with zero attached hydrogens (tertiary/aromatic N) is 1. The largest absolute Gasteiger partial charge is 0.497 e.